The van der Waals surface area contributed by atoms with E-state index in [-0.39, 0.29) is 33.9 Å². The average Bonchev–Trinajstić information content (AvgIpc) is 2.99. The quantitative estimate of drug-likeness (QED) is 0.688. The van der Waals surface area contributed by atoms with Gasteiger partial charge >= 0.3 is 0 Å². The minimum atomic E-state index is -3.94. The van der Waals surface area contributed by atoms with Crippen molar-refractivity contribution in [3.8, 4) is 0 Å². The molecule has 1 heterocycles. The number of benzene rings is 2. The Bertz CT molecular complexity index is 1170. The molecule has 11 heteroatoms. The lowest BCUT2D eigenvalue weighted by Gasteiger charge is -2.16. The van der Waals surface area contributed by atoms with Crippen LogP contribution in [0.15, 0.2) is 47.4 Å². The second kappa shape index (κ2) is 8.40. The van der Waals surface area contributed by atoms with Crippen LogP contribution in [-0.2, 0) is 19.9 Å². The number of hydrogen-bond donors (Lipinski definition) is 2. The highest BCUT2D eigenvalue weighted by atomic mass is 32.2. The van der Waals surface area contributed by atoms with E-state index >= 15 is 0 Å². The van der Waals surface area contributed by atoms with E-state index in [1.807, 2.05) is 0 Å². The first-order valence-corrected chi connectivity index (χ1v) is 12.4. The van der Waals surface area contributed by atoms with Gasteiger partial charge in [0.2, 0.25) is 10.0 Å². The van der Waals surface area contributed by atoms with Crippen molar-refractivity contribution in [3.63, 3.8) is 0 Å². The number of sulfone groups is 1. The number of carbonyl (C=O) groups is 1. The van der Waals surface area contributed by atoms with Crippen molar-refractivity contribution in [2.45, 2.75) is 30.3 Å². The van der Waals surface area contributed by atoms with Gasteiger partial charge in [0.15, 0.2) is 9.84 Å². The maximum Gasteiger partial charge on any atom is 0.251 e. The van der Waals surface area contributed by atoms with Crippen LogP contribution in [0.4, 0.5) is 8.78 Å². The molecule has 1 amide bonds. The largest absolute Gasteiger partial charge is 0.345 e. The van der Waals surface area contributed by atoms with Gasteiger partial charge in [-0.3, -0.25) is 4.79 Å². The predicted molar refractivity (Wildman–Crippen MR) is 106 cm³/mol. The Morgan fingerprint density at radius 1 is 1.13 bits per heavy atom. The highest BCUT2D eigenvalue weighted by Gasteiger charge is 2.31. The molecule has 0 aliphatic carbocycles. The summed E-state index contributed by atoms with van der Waals surface area (Å²) < 4.78 is 77.1. The highest BCUT2D eigenvalue weighted by molar-refractivity contribution is 7.92. The lowest BCUT2D eigenvalue weighted by molar-refractivity contribution is 0.0939. The van der Waals surface area contributed by atoms with E-state index < -0.39 is 49.5 Å². The zero-order valence-electron chi connectivity index (χ0n) is 15.9. The summed E-state index contributed by atoms with van der Waals surface area (Å²) in [6.45, 7) is 1.53. The van der Waals surface area contributed by atoms with Crippen molar-refractivity contribution >= 4 is 25.8 Å². The average molecular weight is 459 g/mol. The van der Waals surface area contributed by atoms with E-state index in [0.717, 1.165) is 12.1 Å². The van der Waals surface area contributed by atoms with Gasteiger partial charge in [-0.1, -0.05) is 6.07 Å². The smallest absolute Gasteiger partial charge is 0.251 e. The monoisotopic (exact) mass is 458 g/mol. The van der Waals surface area contributed by atoms with E-state index in [1.54, 1.807) is 0 Å². The fourth-order valence-electron chi connectivity index (χ4n) is 3.17. The highest BCUT2D eigenvalue weighted by Crippen LogP contribution is 2.19. The normalized spacial score (nSPS) is 19.4. The summed E-state index contributed by atoms with van der Waals surface area (Å²) in [5.74, 6) is -2.39. The summed E-state index contributed by atoms with van der Waals surface area (Å²) in [6, 6.07) is 6.66. The summed E-state index contributed by atoms with van der Waals surface area (Å²) in [4.78, 5) is 12.3. The zero-order chi connectivity index (χ0) is 22.1. The topological polar surface area (TPSA) is 109 Å². The lowest BCUT2D eigenvalue weighted by atomic mass is 10.1. The Hall–Kier alpha value is -2.37. The molecule has 2 aromatic carbocycles. The molecule has 1 saturated heterocycles. The van der Waals surface area contributed by atoms with E-state index in [0.29, 0.717) is 0 Å². The number of carbonyl (C=O) groups excluding carboxylic acids is 1. The van der Waals surface area contributed by atoms with Gasteiger partial charge < -0.3 is 5.32 Å². The van der Waals surface area contributed by atoms with E-state index in [4.69, 9.17) is 0 Å². The Labute approximate surface area is 173 Å². The minimum Gasteiger partial charge on any atom is -0.345 e. The van der Waals surface area contributed by atoms with Crippen LogP contribution in [0.1, 0.15) is 35.3 Å². The summed E-state index contributed by atoms with van der Waals surface area (Å²) in [7, 11) is -7.18. The fourth-order valence-corrected chi connectivity index (χ4v) is 6.22. The first-order chi connectivity index (χ1) is 14.0. The van der Waals surface area contributed by atoms with Crippen molar-refractivity contribution in [2.75, 3.05) is 11.5 Å². The van der Waals surface area contributed by atoms with Crippen LogP contribution in [0.5, 0.6) is 0 Å². The van der Waals surface area contributed by atoms with Crippen LogP contribution >= 0.6 is 0 Å². The van der Waals surface area contributed by atoms with Crippen molar-refractivity contribution in [3.05, 3.63) is 65.2 Å². The van der Waals surface area contributed by atoms with E-state index in [1.165, 1.54) is 37.3 Å². The fraction of sp³-hybridized carbons (Fsp3) is 0.316. The molecule has 0 aromatic heterocycles. The van der Waals surface area contributed by atoms with Crippen LogP contribution in [0.25, 0.3) is 0 Å². The molecule has 0 saturated carbocycles. The second-order valence-electron chi connectivity index (χ2n) is 7.11. The molecule has 30 heavy (non-hydrogen) atoms. The van der Waals surface area contributed by atoms with Gasteiger partial charge in [0.05, 0.1) is 22.4 Å². The molecule has 1 fully saturated rings. The molecule has 2 N–H and O–H groups in total. The first kappa shape index (κ1) is 22.3. The zero-order valence-corrected chi connectivity index (χ0v) is 17.6. The minimum absolute atomic E-state index is 0.0634. The van der Waals surface area contributed by atoms with Gasteiger partial charge in [0.1, 0.15) is 11.6 Å². The van der Waals surface area contributed by atoms with Gasteiger partial charge in [-0.25, -0.2) is 30.3 Å². The Morgan fingerprint density at radius 2 is 1.80 bits per heavy atom. The SMILES string of the molecule is CC(NC(=O)c1ccc(S(=O)(=O)NC2CCS(=O)(=O)C2)cc1)c1ccc(F)cc1F. The van der Waals surface area contributed by atoms with Crippen molar-refractivity contribution in [1.29, 1.82) is 0 Å². The van der Waals surface area contributed by atoms with Crippen molar-refractivity contribution in [1.82, 2.24) is 10.0 Å². The predicted octanol–water partition coefficient (Wildman–Crippen LogP) is 1.92. The number of nitrogens with one attached hydrogen (secondary N) is 2. The molecule has 0 radical (unpaired) electrons. The van der Waals surface area contributed by atoms with Crippen molar-refractivity contribution in [2.24, 2.45) is 0 Å². The molecular formula is C19H20F2N2O5S2. The van der Waals surface area contributed by atoms with Crippen molar-refractivity contribution < 1.29 is 30.4 Å². The Balaban J connectivity index is 1.68. The molecular weight excluding hydrogens is 438 g/mol. The third-order valence-corrected chi connectivity index (χ3v) is 8.06. The van der Waals surface area contributed by atoms with Crippen LogP contribution < -0.4 is 10.0 Å². The van der Waals surface area contributed by atoms with Crippen LogP contribution in [0, 0.1) is 11.6 Å². The molecule has 2 aromatic rings. The van der Waals surface area contributed by atoms with Crippen LogP contribution in [0.2, 0.25) is 0 Å². The number of rotatable bonds is 6. The third kappa shape index (κ3) is 5.21. The molecule has 2 unspecified atom stereocenters. The number of sulfonamides is 1. The first-order valence-electron chi connectivity index (χ1n) is 9.05. The molecule has 0 bridgehead atoms. The van der Waals surface area contributed by atoms with E-state index in [9.17, 15) is 30.4 Å². The van der Waals surface area contributed by atoms with Gasteiger partial charge in [-0.05, 0) is 43.7 Å². The Morgan fingerprint density at radius 3 is 2.37 bits per heavy atom. The van der Waals surface area contributed by atoms with Gasteiger partial charge in [-0.15, -0.1) is 0 Å². The molecule has 1 aliphatic heterocycles. The summed E-state index contributed by atoms with van der Waals surface area (Å²) >= 11 is 0. The molecule has 3 rings (SSSR count). The number of hydrogen-bond acceptors (Lipinski definition) is 5. The van der Waals surface area contributed by atoms with Gasteiger partial charge in [-0.2, -0.15) is 0 Å². The van der Waals surface area contributed by atoms with E-state index in [2.05, 4.69) is 10.0 Å². The molecule has 1 aliphatic rings. The Kier molecular flexibility index (Phi) is 6.25. The summed E-state index contributed by atoms with van der Waals surface area (Å²) in [5.41, 5.74) is 0.256. The summed E-state index contributed by atoms with van der Waals surface area (Å²) in [5, 5.41) is 2.57. The third-order valence-electron chi connectivity index (χ3n) is 4.76. The van der Waals surface area contributed by atoms with Crippen LogP contribution in [0.3, 0.4) is 0 Å². The summed E-state index contributed by atoms with van der Waals surface area (Å²) in [6.07, 6.45) is 0.208. The second-order valence-corrected chi connectivity index (χ2v) is 11.0. The molecule has 162 valence electrons. The molecule has 0 spiro atoms. The van der Waals surface area contributed by atoms with Gasteiger partial charge in [0.25, 0.3) is 5.91 Å². The van der Waals surface area contributed by atoms with Crippen LogP contribution in [-0.4, -0.2) is 40.3 Å². The number of halogens is 2. The standard InChI is InChI=1S/C19H20F2N2O5S2/c1-12(17-7-4-14(20)10-18(17)21)22-19(24)13-2-5-16(6-3-13)30(27,28)23-15-8-9-29(25,26)11-15/h2-7,10,12,15,23H,8-9,11H2,1H3,(H,22,24). The molecule has 7 nitrogen and oxygen atoms in total. The number of amides is 1. The maximum absolute atomic E-state index is 13.9. The van der Waals surface area contributed by atoms with Gasteiger partial charge in [0, 0.05) is 23.2 Å². The molecule has 2 atom stereocenters. The maximum atomic E-state index is 13.9. The lowest BCUT2D eigenvalue weighted by Crippen LogP contribution is -2.35.